The van der Waals surface area contributed by atoms with E-state index in [1.807, 2.05) is 24.3 Å². The molecule has 1 heterocycles. The fraction of sp³-hybridized carbons (Fsp3) is 0.136. The molecule has 0 saturated heterocycles. The van der Waals surface area contributed by atoms with Crippen LogP contribution in [0.5, 0.6) is 5.75 Å². The van der Waals surface area contributed by atoms with Gasteiger partial charge >= 0.3 is 0 Å². The Bertz CT molecular complexity index is 1130. The molecule has 5 nitrogen and oxygen atoms in total. The number of ether oxygens (including phenoxy) is 1. The highest BCUT2D eigenvalue weighted by Gasteiger charge is 2.20. The predicted octanol–water partition coefficient (Wildman–Crippen LogP) is 5.06. The van der Waals surface area contributed by atoms with Gasteiger partial charge in [0.05, 0.1) is 24.0 Å². The van der Waals surface area contributed by atoms with Crippen molar-refractivity contribution in [1.82, 2.24) is 0 Å². The first-order valence-electron chi connectivity index (χ1n) is 8.73. The summed E-state index contributed by atoms with van der Waals surface area (Å²) in [7, 11) is -2.28. The van der Waals surface area contributed by atoms with Crippen molar-refractivity contribution < 1.29 is 17.6 Å². The topological polar surface area (TPSA) is 80.3 Å². The van der Waals surface area contributed by atoms with Crippen molar-refractivity contribution in [1.29, 1.82) is 5.26 Å². The number of methoxy groups -OCH3 is 1. The third-order valence-electron chi connectivity index (χ3n) is 4.14. The van der Waals surface area contributed by atoms with Gasteiger partial charge in [0.25, 0.3) is 0 Å². The number of nitriles is 1. The highest BCUT2D eigenvalue weighted by Crippen LogP contribution is 2.28. The van der Waals surface area contributed by atoms with Crippen molar-refractivity contribution in [3.8, 4) is 11.8 Å². The van der Waals surface area contributed by atoms with E-state index in [0.717, 1.165) is 11.3 Å². The molecule has 0 saturated carbocycles. The van der Waals surface area contributed by atoms with Crippen LogP contribution in [-0.4, -0.2) is 15.5 Å². The van der Waals surface area contributed by atoms with Crippen molar-refractivity contribution >= 4 is 27.7 Å². The standard InChI is InChI=1S/C22H19NO4S2/c1-26-22-10-9-17(12-18(22)15-28-16-19-6-5-11-27-19)13-21(14-23)29(24,25)20-7-3-2-4-8-20/h2-13H,15-16H2,1H3. The van der Waals surface area contributed by atoms with E-state index in [4.69, 9.17) is 9.15 Å². The van der Waals surface area contributed by atoms with E-state index in [1.54, 1.807) is 55.5 Å². The first-order chi connectivity index (χ1) is 14.0. The molecule has 0 radical (unpaired) electrons. The number of nitrogens with zero attached hydrogens (tertiary/aromatic N) is 1. The summed E-state index contributed by atoms with van der Waals surface area (Å²) >= 11 is 1.65. The first-order valence-corrected chi connectivity index (χ1v) is 11.4. The van der Waals surface area contributed by atoms with Crippen LogP contribution >= 0.6 is 11.8 Å². The van der Waals surface area contributed by atoms with Gasteiger partial charge in [-0.2, -0.15) is 5.26 Å². The minimum atomic E-state index is -3.87. The van der Waals surface area contributed by atoms with E-state index in [9.17, 15) is 13.7 Å². The monoisotopic (exact) mass is 425 g/mol. The van der Waals surface area contributed by atoms with E-state index < -0.39 is 9.84 Å². The lowest BCUT2D eigenvalue weighted by Gasteiger charge is -2.10. The van der Waals surface area contributed by atoms with Crippen LogP contribution in [0.2, 0.25) is 0 Å². The maximum atomic E-state index is 12.7. The normalized spacial score (nSPS) is 11.8. The minimum absolute atomic E-state index is 0.0931. The maximum Gasteiger partial charge on any atom is 0.216 e. The fourth-order valence-electron chi connectivity index (χ4n) is 2.71. The zero-order valence-corrected chi connectivity index (χ0v) is 17.4. The van der Waals surface area contributed by atoms with Gasteiger partial charge in [-0.15, -0.1) is 11.8 Å². The summed E-state index contributed by atoms with van der Waals surface area (Å²) in [4.78, 5) is -0.210. The van der Waals surface area contributed by atoms with Crippen LogP contribution in [0.4, 0.5) is 0 Å². The van der Waals surface area contributed by atoms with Crippen molar-refractivity contribution in [3.05, 3.63) is 88.7 Å². The van der Waals surface area contributed by atoms with Crippen LogP contribution in [-0.2, 0) is 21.3 Å². The summed E-state index contributed by atoms with van der Waals surface area (Å²) in [6.45, 7) is 0. The average Bonchev–Trinajstić information content (AvgIpc) is 3.26. The number of hydrogen-bond acceptors (Lipinski definition) is 6. The second-order valence-corrected chi connectivity index (χ2v) is 8.98. The number of rotatable bonds is 8. The predicted molar refractivity (Wildman–Crippen MR) is 114 cm³/mol. The summed E-state index contributed by atoms with van der Waals surface area (Å²) in [5.41, 5.74) is 1.53. The van der Waals surface area contributed by atoms with E-state index in [-0.39, 0.29) is 9.80 Å². The molecule has 148 valence electrons. The van der Waals surface area contributed by atoms with Gasteiger partial charge in [0.1, 0.15) is 22.5 Å². The number of sulfone groups is 1. The second kappa shape index (κ2) is 9.50. The Hall–Kier alpha value is -2.95. The Morgan fingerprint density at radius 3 is 2.59 bits per heavy atom. The van der Waals surface area contributed by atoms with Crippen molar-refractivity contribution in [2.24, 2.45) is 0 Å². The molecule has 0 amide bonds. The van der Waals surface area contributed by atoms with Crippen LogP contribution in [0, 0.1) is 11.3 Å². The fourth-order valence-corrected chi connectivity index (χ4v) is 4.80. The van der Waals surface area contributed by atoms with Gasteiger partial charge in [-0.05, 0) is 48.0 Å². The van der Waals surface area contributed by atoms with Gasteiger partial charge in [-0.3, -0.25) is 0 Å². The summed E-state index contributed by atoms with van der Waals surface area (Å²) in [6.07, 6.45) is 3.03. The number of hydrogen-bond donors (Lipinski definition) is 0. The molecule has 7 heteroatoms. The SMILES string of the molecule is COc1ccc(C=C(C#N)S(=O)(=O)c2ccccc2)cc1CSCc1ccco1. The van der Waals surface area contributed by atoms with Crippen LogP contribution in [0.25, 0.3) is 6.08 Å². The zero-order valence-electron chi connectivity index (χ0n) is 15.7. The Kier molecular flexibility index (Phi) is 6.81. The third kappa shape index (κ3) is 5.11. The molecule has 29 heavy (non-hydrogen) atoms. The summed E-state index contributed by atoms with van der Waals surface area (Å²) in [5.74, 6) is 2.95. The van der Waals surface area contributed by atoms with Crippen LogP contribution in [0.15, 0.2) is 81.1 Å². The van der Waals surface area contributed by atoms with Gasteiger partial charge in [0.15, 0.2) is 0 Å². The van der Waals surface area contributed by atoms with E-state index in [0.29, 0.717) is 22.8 Å². The van der Waals surface area contributed by atoms with Crippen LogP contribution in [0.3, 0.4) is 0 Å². The van der Waals surface area contributed by atoms with E-state index in [1.165, 1.54) is 18.2 Å². The maximum absolute atomic E-state index is 12.7. The molecule has 0 atom stereocenters. The van der Waals surface area contributed by atoms with Crippen LogP contribution < -0.4 is 4.74 Å². The molecule has 1 aromatic heterocycles. The third-order valence-corrected chi connectivity index (χ3v) is 6.82. The quantitative estimate of drug-likeness (QED) is 0.469. The summed E-state index contributed by atoms with van der Waals surface area (Å²) in [5, 5.41) is 9.46. The molecule has 0 unspecified atom stereocenters. The molecule has 0 aliphatic carbocycles. The lowest BCUT2D eigenvalue weighted by atomic mass is 10.1. The van der Waals surface area contributed by atoms with Crippen LogP contribution in [0.1, 0.15) is 16.9 Å². The van der Waals surface area contributed by atoms with Gasteiger partial charge in [-0.1, -0.05) is 24.3 Å². The largest absolute Gasteiger partial charge is 0.496 e. The minimum Gasteiger partial charge on any atom is -0.496 e. The summed E-state index contributed by atoms with van der Waals surface area (Å²) in [6, 6.07) is 18.9. The lowest BCUT2D eigenvalue weighted by molar-refractivity contribution is 0.411. The Morgan fingerprint density at radius 1 is 1.14 bits per heavy atom. The average molecular weight is 426 g/mol. The zero-order chi connectivity index (χ0) is 20.7. The number of benzene rings is 2. The molecule has 0 aliphatic heterocycles. The molecule has 0 fully saturated rings. The van der Waals surface area contributed by atoms with Crippen molar-refractivity contribution in [2.45, 2.75) is 16.4 Å². The molecule has 2 aromatic carbocycles. The number of thioether (sulfide) groups is 1. The van der Waals surface area contributed by atoms with Gasteiger partial charge in [-0.25, -0.2) is 8.42 Å². The van der Waals surface area contributed by atoms with Gasteiger partial charge < -0.3 is 9.15 Å². The molecular weight excluding hydrogens is 406 g/mol. The molecule has 3 rings (SSSR count). The Morgan fingerprint density at radius 2 is 1.93 bits per heavy atom. The Balaban J connectivity index is 1.86. The molecule has 0 aliphatic rings. The molecule has 3 aromatic rings. The van der Waals surface area contributed by atoms with Gasteiger partial charge in [0, 0.05) is 11.3 Å². The lowest BCUT2D eigenvalue weighted by Crippen LogP contribution is -2.03. The first kappa shape index (κ1) is 20.8. The highest BCUT2D eigenvalue weighted by atomic mass is 32.2. The Labute approximate surface area is 174 Å². The number of allylic oxidation sites excluding steroid dienone is 1. The van der Waals surface area contributed by atoms with E-state index >= 15 is 0 Å². The molecule has 0 bridgehead atoms. The van der Waals surface area contributed by atoms with Gasteiger partial charge in [0.2, 0.25) is 9.84 Å². The molecular formula is C22H19NO4S2. The van der Waals surface area contributed by atoms with E-state index in [2.05, 4.69) is 0 Å². The number of furan rings is 1. The highest BCUT2D eigenvalue weighted by molar-refractivity contribution is 7.97. The second-order valence-electron chi connectivity index (χ2n) is 6.08. The van der Waals surface area contributed by atoms with Crippen molar-refractivity contribution in [2.75, 3.05) is 7.11 Å². The van der Waals surface area contributed by atoms with Crippen molar-refractivity contribution in [3.63, 3.8) is 0 Å². The molecule has 0 spiro atoms. The molecule has 0 N–H and O–H groups in total. The summed E-state index contributed by atoms with van der Waals surface area (Å²) < 4.78 is 36.2. The smallest absolute Gasteiger partial charge is 0.216 e.